The Morgan fingerprint density at radius 3 is 2.65 bits per heavy atom. The number of hydrogen-bond donors (Lipinski definition) is 1. The molecule has 6 heteroatoms. The van der Waals surface area contributed by atoms with Crippen LogP contribution in [0.3, 0.4) is 0 Å². The van der Waals surface area contributed by atoms with Crippen molar-refractivity contribution in [3.63, 3.8) is 0 Å². The van der Waals surface area contributed by atoms with E-state index >= 15 is 0 Å². The van der Waals surface area contributed by atoms with Crippen molar-refractivity contribution in [1.29, 1.82) is 0 Å². The van der Waals surface area contributed by atoms with Gasteiger partial charge in [0, 0.05) is 30.8 Å². The number of hydrogen-bond acceptors (Lipinski definition) is 3. The molecule has 0 saturated carbocycles. The molecule has 0 aliphatic heterocycles. The smallest absolute Gasteiger partial charge is 0.422 e. The number of nitrogens with zero attached hydrogens (tertiary/aromatic N) is 1. The zero-order valence-corrected chi connectivity index (χ0v) is 8.92. The number of pyridine rings is 1. The first-order valence-electron chi connectivity index (χ1n) is 4.86. The number of alkyl halides is 3. The van der Waals surface area contributed by atoms with Gasteiger partial charge in [-0.1, -0.05) is 11.8 Å². The van der Waals surface area contributed by atoms with Crippen molar-refractivity contribution in [3.8, 4) is 17.7 Å². The minimum atomic E-state index is -4.36. The Morgan fingerprint density at radius 1 is 1.35 bits per heavy atom. The first-order chi connectivity index (χ1) is 8.01. The van der Waals surface area contributed by atoms with Crippen molar-refractivity contribution in [1.82, 2.24) is 4.98 Å². The minimum absolute atomic E-state index is 0.0771. The topological polar surface area (TPSA) is 48.1 Å². The second-order valence-electron chi connectivity index (χ2n) is 3.13. The van der Waals surface area contributed by atoms with E-state index in [1.54, 1.807) is 6.07 Å². The van der Waals surface area contributed by atoms with Crippen LogP contribution in [0.4, 0.5) is 13.2 Å². The maximum atomic E-state index is 11.8. The van der Waals surface area contributed by atoms with E-state index in [9.17, 15) is 13.2 Å². The van der Waals surface area contributed by atoms with Gasteiger partial charge in [-0.25, -0.2) is 4.98 Å². The van der Waals surface area contributed by atoms with Crippen LogP contribution in [0, 0.1) is 11.8 Å². The SMILES string of the molecule is NCCC#Cc1ccc(OCC(F)(F)F)nc1. The van der Waals surface area contributed by atoms with Gasteiger partial charge >= 0.3 is 6.18 Å². The van der Waals surface area contributed by atoms with Crippen LogP contribution in [0.2, 0.25) is 0 Å². The van der Waals surface area contributed by atoms with Crippen LogP contribution in [-0.2, 0) is 0 Å². The maximum absolute atomic E-state index is 11.8. The lowest BCUT2D eigenvalue weighted by atomic mass is 10.3. The lowest BCUT2D eigenvalue weighted by Gasteiger charge is -2.07. The number of nitrogens with two attached hydrogens (primary N) is 1. The third kappa shape index (κ3) is 5.78. The first-order valence-corrected chi connectivity index (χ1v) is 4.86. The summed E-state index contributed by atoms with van der Waals surface area (Å²) in [5.74, 6) is 5.49. The van der Waals surface area contributed by atoms with Crippen molar-refractivity contribution in [2.24, 2.45) is 5.73 Å². The van der Waals surface area contributed by atoms with Gasteiger partial charge < -0.3 is 10.5 Å². The summed E-state index contributed by atoms with van der Waals surface area (Å²) in [7, 11) is 0. The minimum Gasteiger partial charge on any atom is -0.468 e. The number of ether oxygens (including phenoxy) is 1. The zero-order valence-electron chi connectivity index (χ0n) is 8.92. The van der Waals surface area contributed by atoms with Gasteiger partial charge in [-0.05, 0) is 6.07 Å². The molecule has 1 heterocycles. The molecule has 0 unspecified atom stereocenters. The highest BCUT2D eigenvalue weighted by Crippen LogP contribution is 2.16. The van der Waals surface area contributed by atoms with E-state index in [4.69, 9.17) is 5.73 Å². The van der Waals surface area contributed by atoms with E-state index in [-0.39, 0.29) is 5.88 Å². The van der Waals surface area contributed by atoms with Crippen LogP contribution in [0.15, 0.2) is 18.3 Å². The predicted molar refractivity (Wildman–Crippen MR) is 56.3 cm³/mol. The van der Waals surface area contributed by atoms with Crippen LogP contribution in [0.5, 0.6) is 5.88 Å². The van der Waals surface area contributed by atoms with Crippen molar-refractivity contribution in [2.75, 3.05) is 13.2 Å². The summed E-state index contributed by atoms with van der Waals surface area (Å²) in [5, 5.41) is 0. The molecule has 1 aromatic heterocycles. The lowest BCUT2D eigenvalue weighted by molar-refractivity contribution is -0.154. The average molecular weight is 244 g/mol. The van der Waals surface area contributed by atoms with Crippen LogP contribution >= 0.6 is 0 Å². The summed E-state index contributed by atoms with van der Waals surface area (Å²) < 4.78 is 40.0. The fourth-order valence-electron chi connectivity index (χ4n) is 0.932. The summed E-state index contributed by atoms with van der Waals surface area (Å²) >= 11 is 0. The number of rotatable bonds is 3. The Bertz CT molecular complexity index is 403. The molecule has 0 saturated heterocycles. The summed E-state index contributed by atoms with van der Waals surface area (Å²) in [6, 6.07) is 2.89. The molecule has 0 amide bonds. The van der Waals surface area contributed by atoms with Gasteiger partial charge in [0.05, 0.1) is 0 Å². The van der Waals surface area contributed by atoms with E-state index < -0.39 is 12.8 Å². The quantitative estimate of drug-likeness (QED) is 0.823. The molecular weight excluding hydrogens is 233 g/mol. The van der Waals surface area contributed by atoms with E-state index in [1.165, 1.54) is 12.3 Å². The Morgan fingerprint density at radius 2 is 2.12 bits per heavy atom. The standard InChI is InChI=1S/C11H11F3N2O/c12-11(13,14)8-17-10-5-4-9(7-16-10)3-1-2-6-15/h4-5,7H,2,6,8,15H2. The van der Waals surface area contributed by atoms with Crippen LogP contribution in [-0.4, -0.2) is 24.3 Å². The molecule has 92 valence electrons. The van der Waals surface area contributed by atoms with Gasteiger partial charge in [-0.15, -0.1) is 0 Å². The molecule has 1 rings (SSSR count). The maximum Gasteiger partial charge on any atom is 0.422 e. The molecule has 0 aliphatic carbocycles. The molecule has 0 radical (unpaired) electrons. The van der Waals surface area contributed by atoms with Crippen molar-refractivity contribution >= 4 is 0 Å². The molecule has 0 aromatic carbocycles. The van der Waals surface area contributed by atoms with Gasteiger partial charge in [-0.3, -0.25) is 0 Å². The van der Waals surface area contributed by atoms with Crippen molar-refractivity contribution < 1.29 is 17.9 Å². The van der Waals surface area contributed by atoms with Crippen molar-refractivity contribution in [3.05, 3.63) is 23.9 Å². The second kappa shape index (κ2) is 6.11. The van der Waals surface area contributed by atoms with E-state index in [1.807, 2.05) is 0 Å². The zero-order chi connectivity index (χ0) is 12.7. The highest BCUT2D eigenvalue weighted by Gasteiger charge is 2.28. The molecule has 0 bridgehead atoms. The van der Waals surface area contributed by atoms with E-state index in [2.05, 4.69) is 21.6 Å². The van der Waals surface area contributed by atoms with Crippen LogP contribution in [0.1, 0.15) is 12.0 Å². The molecule has 2 N–H and O–H groups in total. The third-order valence-corrected chi connectivity index (χ3v) is 1.62. The van der Waals surface area contributed by atoms with Gasteiger partial charge in [0.15, 0.2) is 6.61 Å². The molecule has 17 heavy (non-hydrogen) atoms. The Balaban J connectivity index is 2.54. The summed E-state index contributed by atoms with van der Waals surface area (Å²) in [5.41, 5.74) is 5.86. The summed E-state index contributed by atoms with van der Waals surface area (Å²) in [4.78, 5) is 3.70. The molecule has 0 fully saturated rings. The number of halogens is 3. The molecule has 0 aliphatic rings. The fourth-order valence-corrected chi connectivity index (χ4v) is 0.932. The number of aromatic nitrogens is 1. The molecule has 1 aromatic rings. The fraction of sp³-hybridized carbons (Fsp3) is 0.364. The normalized spacial score (nSPS) is 10.6. The Labute approximate surface area is 96.8 Å². The monoisotopic (exact) mass is 244 g/mol. The third-order valence-electron chi connectivity index (χ3n) is 1.62. The van der Waals surface area contributed by atoms with Crippen molar-refractivity contribution in [2.45, 2.75) is 12.6 Å². The molecule has 3 nitrogen and oxygen atoms in total. The molecular formula is C11H11F3N2O. The highest BCUT2D eigenvalue weighted by molar-refractivity contribution is 5.33. The Kier molecular flexibility index (Phi) is 4.79. The van der Waals surface area contributed by atoms with Crippen LogP contribution < -0.4 is 10.5 Å². The van der Waals surface area contributed by atoms with E-state index in [0.29, 0.717) is 18.5 Å². The lowest BCUT2D eigenvalue weighted by Crippen LogP contribution is -2.19. The molecule has 0 atom stereocenters. The van der Waals surface area contributed by atoms with Gasteiger partial charge in [-0.2, -0.15) is 13.2 Å². The predicted octanol–water partition coefficient (Wildman–Crippen LogP) is 1.72. The summed E-state index contributed by atoms with van der Waals surface area (Å²) in [6.45, 7) is -0.884. The summed E-state index contributed by atoms with van der Waals surface area (Å²) in [6.07, 6.45) is -2.44. The first kappa shape index (κ1) is 13.3. The second-order valence-corrected chi connectivity index (χ2v) is 3.13. The van der Waals surface area contributed by atoms with Gasteiger partial charge in [0.2, 0.25) is 5.88 Å². The Hall–Kier alpha value is -1.74. The highest BCUT2D eigenvalue weighted by atomic mass is 19.4. The molecule has 0 spiro atoms. The average Bonchev–Trinajstić information content (AvgIpc) is 2.27. The van der Waals surface area contributed by atoms with Gasteiger partial charge in [0.1, 0.15) is 0 Å². The largest absolute Gasteiger partial charge is 0.468 e. The van der Waals surface area contributed by atoms with Crippen LogP contribution in [0.25, 0.3) is 0 Å². The van der Waals surface area contributed by atoms with E-state index in [0.717, 1.165) is 0 Å². The van der Waals surface area contributed by atoms with Gasteiger partial charge in [0.25, 0.3) is 0 Å².